The number of hydrogen-bond acceptors (Lipinski definition) is 11. The molecule has 0 aromatic heterocycles. The number of halogens is 1. The second-order valence-corrected chi connectivity index (χ2v) is 15.7. The second-order valence-electron chi connectivity index (χ2n) is 13.9. The lowest BCUT2D eigenvalue weighted by molar-refractivity contribution is -0.290. The summed E-state index contributed by atoms with van der Waals surface area (Å²) in [6.07, 6.45) is -1.82. The first kappa shape index (κ1) is 35.3. The van der Waals surface area contributed by atoms with Gasteiger partial charge in [-0.15, -0.1) is 0 Å². The van der Waals surface area contributed by atoms with Gasteiger partial charge in [0.05, 0.1) is 6.61 Å². The maximum atomic E-state index is 13.0. The van der Waals surface area contributed by atoms with Crippen LogP contribution < -0.4 is 9.62 Å². The van der Waals surface area contributed by atoms with Crippen LogP contribution in [0, 0.1) is 0 Å². The maximum Gasteiger partial charge on any atom is 0.362 e. The zero-order valence-corrected chi connectivity index (χ0v) is 30.0. The maximum absolute atomic E-state index is 13.0. The third kappa shape index (κ3) is 7.57. The van der Waals surface area contributed by atoms with Crippen molar-refractivity contribution in [1.29, 1.82) is 0 Å². The Morgan fingerprint density at radius 3 is 2.32 bits per heavy atom. The van der Waals surface area contributed by atoms with Crippen molar-refractivity contribution in [2.24, 2.45) is 0 Å². The van der Waals surface area contributed by atoms with Gasteiger partial charge in [-0.3, -0.25) is 9.69 Å². The minimum absolute atomic E-state index is 0.0828. The number of piperazine rings is 1. The predicted molar refractivity (Wildman–Crippen MR) is 186 cm³/mol. The molecule has 0 unspecified atom stereocenters. The van der Waals surface area contributed by atoms with Crippen molar-refractivity contribution in [2.75, 3.05) is 44.3 Å². The number of carbonyl (C=O) groups is 1. The van der Waals surface area contributed by atoms with Gasteiger partial charge in [0.2, 0.25) is 5.79 Å². The highest BCUT2D eigenvalue weighted by Gasteiger charge is 2.65. The normalized spacial score (nSPS) is 27.5. The fourth-order valence-electron chi connectivity index (χ4n) is 7.11. The lowest BCUT2D eigenvalue weighted by Gasteiger charge is -2.40. The van der Waals surface area contributed by atoms with Crippen LogP contribution in [-0.2, 0) is 44.7 Å². The summed E-state index contributed by atoms with van der Waals surface area (Å²) in [7, 11) is -4.55. The van der Waals surface area contributed by atoms with Crippen LogP contribution in [0.2, 0.25) is 5.02 Å². The molecule has 14 heteroatoms. The SMILES string of the molecule is CC1(C)O[C@@H]2[C@@H](CO[C@@]3(COS(=O)(=O)NC(=O)c4ccc(N5CCN(Cc6ccccc6-c6ccc(Cl)cc6)CC5)cc4)OC(C)(C)O[C@@H]23)O1. The van der Waals surface area contributed by atoms with E-state index in [4.69, 9.17) is 39.5 Å². The molecule has 3 aromatic carbocycles. The summed E-state index contributed by atoms with van der Waals surface area (Å²) in [5, 5.41) is 0.714. The fourth-order valence-corrected chi connectivity index (χ4v) is 7.96. The number of nitrogens with one attached hydrogen (secondary N) is 1. The van der Waals surface area contributed by atoms with Gasteiger partial charge in [0, 0.05) is 49.0 Å². The van der Waals surface area contributed by atoms with Crippen LogP contribution in [-0.4, -0.2) is 94.3 Å². The Hall–Kier alpha value is -3.11. The molecule has 4 aliphatic rings. The number of hydrogen-bond donors (Lipinski definition) is 1. The average Bonchev–Trinajstić information content (AvgIpc) is 3.56. The molecule has 7 rings (SSSR count). The molecule has 50 heavy (non-hydrogen) atoms. The molecule has 0 aliphatic carbocycles. The summed E-state index contributed by atoms with van der Waals surface area (Å²) < 4.78 is 63.2. The molecule has 0 radical (unpaired) electrons. The van der Waals surface area contributed by atoms with Crippen LogP contribution >= 0.6 is 11.6 Å². The molecule has 1 N–H and O–H groups in total. The average molecular weight is 728 g/mol. The van der Waals surface area contributed by atoms with Crippen LogP contribution in [0.25, 0.3) is 11.1 Å². The van der Waals surface area contributed by atoms with Gasteiger partial charge in [-0.05, 0) is 80.8 Å². The summed E-state index contributed by atoms with van der Waals surface area (Å²) in [5.74, 6) is -4.39. The molecule has 0 spiro atoms. The number of amides is 1. The highest BCUT2D eigenvalue weighted by atomic mass is 35.5. The number of carbonyl (C=O) groups excluding carboxylic acids is 1. The van der Waals surface area contributed by atoms with Crippen LogP contribution in [0.3, 0.4) is 0 Å². The van der Waals surface area contributed by atoms with Gasteiger partial charge in [0.15, 0.2) is 11.6 Å². The van der Waals surface area contributed by atoms with Crippen molar-refractivity contribution >= 4 is 33.5 Å². The minimum atomic E-state index is -4.55. The van der Waals surface area contributed by atoms with Gasteiger partial charge >= 0.3 is 10.3 Å². The number of nitrogens with zero attached hydrogens (tertiary/aromatic N) is 2. The summed E-state index contributed by atoms with van der Waals surface area (Å²) in [4.78, 5) is 17.7. The molecular formula is C36H42ClN3O9S. The van der Waals surface area contributed by atoms with Crippen molar-refractivity contribution in [3.8, 4) is 11.1 Å². The van der Waals surface area contributed by atoms with Gasteiger partial charge in [0.1, 0.15) is 24.9 Å². The molecule has 268 valence electrons. The second kappa shape index (κ2) is 13.5. The summed E-state index contributed by atoms with van der Waals surface area (Å²) in [6, 6.07) is 23.2. The molecule has 0 saturated carbocycles. The standard InChI is InChI=1S/C36H42ClN3O9S/c1-34(2)46-30-22-44-36(32(31(30)47-34)48-35(3,4)49-36)23-45-50(42,43)38-33(41)25-11-15-28(16-12-25)40-19-17-39(18-20-40)21-26-7-5-6-8-29(26)24-9-13-27(37)14-10-24/h5-16,30-32H,17-23H2,1-4H3,(H,38,41)/t30-,31-,32+,36+/m1/s1. The molecule has 4 aliphatic heterocycles. The predicted octanol–water partition coefficient (Wildman–Crippen LogP) is 4.72. The number of benzene rings is 3. The Morgan fingerprint density at radius 1 is 0.900 bits per heavy atom. The molecule has 4 atom stereocenters. The summed E-state index contributed by atoms with van der Waals surface area (Å²) >= 11 is 6.11. The Bertz CT molecular complexity index is 1810. The number of fused-ring (bicyclic) bond motifs is 3. The lowest BCUT2D eigenvalue weighted by Crippen LogP contribution is -2.60. The van der Waals surface area contributed by atoms with E-state index in [0.29, 0.717) is 5.02 Å². The minimum Gasteiger partial charge on any atom is -0.369 e. The Morgan fingerprint density at radius 2 is 1.60 bits per heavy atom. The first-order valence-corrected chi connectivity index (χ1v) is 18.5. The first-order valence-electron chi connectivity index (χ1n) is 16.7. The quantitative estimate of drug-likeness (QED) is 0.329. The number of rotatable bonds is 9. The van der Waals surface area contributed by atoms with Crippen molar-refractivity contribution in [3.63, 3.8) is 0 Å². The van der Waals surface area contributed by atoms with Crippen molar-refractivity contribution in [2.45, 2.75) is 69.9 Å². The van der Waals surface area contributed by atoms with Crippen molar-refractivity contribution in [3.05, 3.63) is 88.9 Å². The first-order chi connectivity index (χ1) is 23.7. The molecule has 4 saturated heterocycles. The van der Waals surface area contributed by atoms with Crippen molar-refractivity contribution < 1.29 is 41.1 Å². The zero-order valence-electron chi connectivity index (χ0n) is 28.5. The molecule has 4 heterocycles. The van der Waals surface area contributed by atoms with E-state index in [2.05, 4.69) is 34.1 Å². The number of ether oxygens (including phenoxy) is 5. The topological polar surface area (TPSA) is 125 Å². The largest absolute Gasteiger partial charge is 0.369 e. The van der Waals surface area contributed by atoms with Gasteiger partial charge in [-0.1, -0.05) is 48.0 Å². The molecule has 1 amide bonds. The number of anilines is 1. The van der Waals surface area contributed by atoms with E-state index < -0.39 is 58.5 Å². The van der Waals surface area contributed by atoms with Gasteiger partial charge < -0.3 is 28.6 Å². The van der Waals surface area contributed by atoms with Crippen LogP contribution in [0.1, 0.15) is 43.6 Å². The van der Waals surface area contributed by atoms with Crippen molar-refractivity contribution in [1.82, 2.24) is 9.62 Å². The Kier molecular flexibility index (Phi) is 9.50. The monoisotopic (exact) mass is 727 g/mol. The fraction of sp³-hybridized carbons (Fsp3) is 0.472. The molecule has 12 nitrogen and oxygen atoms in total. The lowest BCUT2D eigenvalue weighted by atomic mass is 9.98. The molecule has 4 fully saturated rings. The Labute approximate surface area is 297 Å². The third-order valence-electron chi connectivity index (χ3n) is 9.34. The highest BCUT2D eigenvalue weighted by molar-refractivity contribution is 7.85. The van der Waals surface area contributed by atoms with Crippen LogP contribution in [0.5, 0.6) is 0 Å². The molecule has 0 bridgehead atoms. The van der Waals surface area contributed by atoms with Gasteiger partial charge in [-0.2, -0.15) is 8.42 Å². The van der Waals surface area contributed by atoms with E-state index >= 15 is 0 Å². The zero-order chi connectivity index (χ0) is 35.3. The molecule has 3 aromatic rings. The summed E-state index contributed by atoms with van der Waals surface area (Å²) in [6.45, 7) is 10.6. The highest BCUT2D eigenvalue weighted by Crippen LogP contribution is 2.47. The smallest absolute Gasteiger partial charge is 0.362 e. The Balaban J connectivity index is 0.927. The summed E-state index contributed by atoms with van der Waals surface area (Å²) in [5.41, 5.74) is 4.71. The van der Waals surface area contributed by atoms with Gasteiger partial charge in [-0.25, -0.2) is 8.91 Å². The van der Waals surface area contributed by atoms with Gasteiger partial charge in [0.25, 0.3) is 5.91 Å². The van der Waals surface area contributed by atoms with Crippen LogP contribution in [0.15, 0.2) is 72.8 Å². The van der Waals surface area contributed by atoms with E-state index in [9.17, 15) is 13.2 Å². The van der Waals surface area contributed by atoms with E-state index in [1.807, 2.05) is 41.1 Å². The van der Waals surface area contributed by atoms with E-state index in [-0.39, 0.29) is 12.2 Å². The van der Waals surface area contributed by atoms with E-state index in [1.54, 1.807) is 39.8 Å². The molecular weight excluding hydrogens is 686 g/mol. The van der Waals surface area contributed by atoms with Crippen LogP contribution in [0.4, 0.5) is 5.69 Å². The van der Waals surface area contributed by atoms with E-state index in [1.165, 1.54) is 11.1 Å². The van der Waals surface area contributed by atoms with E-state index in [0.717, 1.165) is 44.0 Å². The third-order valence-corrected chi connectivity index (χ3v) is 10.5.